The lowest BCUT2D eigenvalue weighted by molar-refractivity contribution is -0.118. The maximum absolute atomic E-state index is 13.0. The fraction of sp³-hybridized carbons (Fsp3) is 0.241. The molecule has 0 unspecified atom stereocenters. The summed E-state index contributed by atoms with van der Waals surface area (Å²) in [4.78, 5) is 35.6. The largest absolute Gasteiger partial charge is 0.476 e. The van der Waals surface area contributed by atoms with Crippen LogP contribution in [0.3, 0.4) is 0 Å². The van der Waals surface area contributed by atoms with Crippen molar-refractivity contribution < 1.29 is 19.1 Å². The fourth-order valence-corrected chi connectivity index (χ4v) is 4.90. The molecule has 2 aliphatic heterocycles. The zero-order chi connectivity index (χ0) is 27.6. The Kier molecular flexibility index (Phi) is 6.69. The van der Waals surface area contributed by atoms with Gasteiger partial charge in [-0.25, -0.2) is 4.98 Å². The number of aryl methyl sites for hydroxylation is 1. The first-order valence-corrected chi connectivity index (χ1v) is 13.1. The van der Waals surface area contributed by atoms with Gasteiger partial charge in [0.2, 0.25) is 11.9 Å². The van der Waals surface area contributed by atoms with Crippen molar-refractivity contribution in [1.82, 2.24) is 25.2 Å². The number of nitrogens with zero attached hydrogens (tertiary/aromatic N) is 4. The van der Waals surface area contributed by atoms with Crippen molar-refractivity contribution in [3.8, 4) is 11.5 Å². The van der Waals surface area contributed by atoms with Crippen molar-refractivity contribution in [2.75, 3.05) is 30.5 Å². The van der Waals surface area contributed by atoms with Gasteiger partial charge in [-0.05, 0) is 42.3 Å². The minimum absolute atomic E-state index is 0.0826. The molecule has 2 aromatic carbocycles. The first kappa shape index (κ1) is 25.2. The Hall–Kier alpha value is -5.06. The Labute approximate surface area is 230 Å². The van der Waals surface area contributed by atoms with Gasteiger partial charge in [0.05, 0.1) is 11.0 Å². The number of aromatic nitrogens is 3. The standard InChI is InChI=1S/C29H29N7O4/c1-30-28(38)24-15-21(9-11-32-24)40-20-5-7-25-23(14-20)34-29(35(25)2)33-19-4-3-18-10-12-36(26(18)13-19)27(37)8-6-22-16-31-17-39-22/h3-5,7,9,11,13-16,31H,6,8,10,12,17H2,1-2H3,(H,30,38)(H,33,34). The molecule has 11 nitrogen and oxygen atoms in total. The minimum atomic E-state index is -0.283. The Morgan fingerprint density at radius 2 is 2.00 bits per heavy atom. The summed E-state index contributed by atoms with van der Waals surface area (Å²) in [5, 5.41) is 8.96. The van der Waals surface area contributed by atoms with Crippen molar-refractivity contribution in [3.05, 3.63) is 77.9 Å². The highest BCUT2D eigenvalue weighted by atomic mass is 16.5. The van der Waals surface area contributed by atoms with E-state index in [0.29, 0.717) is 43.6 Å². The van der Waals surface area contributed by atoms with E-state index >= 15 is 0 Å². The van der Waals surface area contributed by atoms with Crippen molar-refractivity contribution in [2.24, 2.45) is 7.05 Å². The first-order chi connectivity index (χ1) is 19.5. The Morgan fingerprint density at radius 1 is 1.12 bits per heavy atom. The molecule has 0 saturated heterocycles. The van der Waals surface area contributed by atoms with E-state index < -0.39 is 0 Å². The number of hydrogen-bond acceptors (Lipinski definition) is 8. The Balaban J connectivity index is 1.18. The SMILES string of the molecule is CNC(=O)c1cc(Oc2ccc3c(c2)nc(Nc2ccc4c(c2)N(C(=O)CCC2=CNCO2)CC4)n3C)ccn1. The van der Waals surface area contributed by atoms with Crippen molar-refractivity contribution >= 4 is 40.2 Å². The van der Waals surface area contributed by atoms with Gasteiger partial charge in [-0.1, -0.05) is 6.07 Å². The number of ether oxygens (including phenoxy) is 2. The van der Waals surface area contributed by atoms with E-state index in [1.807, 2.05) is 53.0 Å². The normalized spacial score (nSPS) is 13.8. The molecule has 6 rings (SSSR count). The van der Waals surface area contributed by atoms with Crippen LogP contribution in [0.15, 0.2) is 66.7 Å². The van der Waals surface area contributed by atoms with E-state index in [-0.39, 0.29) is 17.5 Å². The number of fused-ring (bicyclic) bond motifs is 2. The van der Waals surface area contributed by atoms with Gasteiger partial charge in [-0.15, -0.1) is 0 Å². The molecule has 4 aromatic rings. The van der Waals surface area contributed by atoms with Gasteiger partial charge in [0.1, 0.15) is 23.0 Å². The van der Waals surface area contributed by atoms with E-state index in [4.69, 9.17) is 14.5 Å². The van der Waals surface area contributed by atoms with Crippen LogP contribution in [0.4, 0.5) is 17.3 Å². The quantitative estimate of drug-likeness (QED) is 0.308. The van der Waals surface area contributed by atoms with Crippen LogP contribution in [-0.2, 0) is 23.0 Å². The van der Waals surface area contributed by atoms with Crippen molar-refractivity contribution in [2.45, 2.75) is 19.3 Å². The maximum atomic E-state index is 13.0. The zero-order valence-electron chi connectivity index (χ0n) is 22.2. The second-order valence-corrected chi connectivity index (χ2v) is 9.57. The van der Waals surface area contributed by atoms with E-state index in [2.05, 4.69) is 27.0 Å². The van der Waals surface area contributed by atoms with Crippen molar-refractivity contribution in [3.63, 3.8) is 0 Å². The van der Waals surface area contributed by atoms with Crippen LogP contribution < -0.4 is 25.6 Å². The minimum Gasteiger partial charge on any atom is -0.476 e. The van der Waals surface area contributed by atoms with Gasteiger partial charge < -0.3 is 34.9 Å². The highest BCUT2D eigenvalue weighted by molar-refractivity contribution is 5.96. The third-order valence-corrected chi connectivity index (χ3v) is 7.01. The van der Waals surface area contributed by atoms with Crippen LogP contribution >= 0.6 is 0 Å². The predicted octanol–water partition coefficient (Wildman–Crippen LogP) is 3.95. The average Bonchev–Trinajstić information content (AvgIpc) is 3.71. The molecule has 0 bridgehead atoms. The molecule has 0 saturated carbocycles. The van der Waals surface area contributed by atoms with E-state index in [1.54, 1.807) is 19.2 Å². The molecule has 2 amide bonds. The molecule has 0 radical (unpaired) electrons. The molecule has 0 aliphatic carbocycles. The Morgan fingerprint density at radius 3 is 2.83 bits per heavy atom. The summed E-state index contributed by atoms with van der Waals surface area (Å²) < 4.78 is 13.4. The van der Waals surface area contributed by atoms with Gasteiger partial charge in [0.15, 0.2) is 6.73 Å². The molecule has 3 N–H and O–H groups in total. The van der Waals surface area contributed by atoms with Crippen LogP contribution in [0.5, 0.6) is 11.5 Å². The summed E-state index contributed by atoms with van der Waals surface area (Å²) in [5.41, 5.74) is 4.87. The number of carbonyl (C=O) groups is 2. The fourth-order valence-electron chi connectivity index (χ4n) is 4.90. The number of benzene rings is 2. The third kappa shape index (κ3) is 5.00. The van der Waals surface area contributed by atoms with Crippen LogP contribution in [0.1, 0.15) is 28.9 Å². The number of carbonyl (C=O) groups excluding carboxylic acids is 2. The summed E-state index contributed by atoms with van der Waals surface area (Å²) in [6.45, 7) is 1.14. The van der Waals surface area contributed by atoms with Gasteiger partial charge in [-0.3, -0.25) is 14.6 Å². The van der Waals surface area contributed by atoms with E-state index in [0.717, 1.165) is 40.2 Å². The maximum Gasteiger partial charge on any atom is 0.269 e. The molecule has 0 atom stereocenters. The molecule has 204 valence electrons. The predicted molar refractivity (Wildman–Crippen MR) is 151 cm³/mol. The van der Waals surface area contributed by atoms with Gasteiger partial charge in [-0.2, -0.15) is 0 Å². The highest BCUT2D eigenvalue weighted by Crippen LogP contribution is 2.34. The van der Waals surface area contributed by atoms with Crippen LogP contribution in [-0.4, -0.2) is 46.7 Å². The van der Waals surface area contributed by atoms with Gasteiger partial charge in [0, 0.05) is 69.4 Å². The number of anilines is 3. The molecular formula is C29H29N7O4. The number of pyridine rings is 1. The lowest BCUT2D eigenvalue weighted by Crippen LogP contribution is -2.28. The molecule has 2 aliphatic rings. The number of amides is 2. The number of allylic oxidation sites excluding steroid dienone is 1. The summed E-state index contributed by atoms with van der Waals surface area (Å²) in [5.74, 6) is 2.36. The average molecular weight is 540 g/mol. The number of imidazole rings is 1. The third-order valence-electron chi connectivity index (χ3n) is 7.01. The topological polar surface area (TPSA) is 123 Å². The van der Waals surface area contributed by atoms with Crippen molar-refractivity contribution in [1.29, 1.82) is 0 Å². The summed E-state index contributed by atoms with van der Waals surface area (Å²) in [6.07, 6.45) is 5.16. The van der Waals surface area contributed by atoms with Gasteiger partial charge >= 0.3 is 0 Å². The zero-order valence-corrected chi connectivity index (χ0v) is 22.2. The second-order valence-electron chi connectivity index (χ2n) is 9.57. The Bertz CT molecular complexity index is 1640. The van der Waals surface area contributed by atoms with Gasteiger partial charge in [0.25, 0.3) is 5.91 Å². The molecule has 11 heteroatoms. The smallest absolute Gasteiger partial charge is 0.269 e. The summed E-state index contributed by atoms with van der Waals surface area (Å²) in [6, 6.07) is 15.0. The molecule has 4 heterocycles. The molecule has 2 aromatic heterocycles. The summed E-state index contributed by atoms with van der Waals surface area (Å²) in [7, 11) is 3.50. The monoisotopic (exact) mass is 539 g/mol. The molecular weight excluding hydrogens is 510 g/mol. The van der Waals surface area contributed by atoms with Crippen LogP contribution in [0.25, 0.3) is 11.0 Å². The van der Waals surface area contributed by atoms with Crippen LogP contribution in [0, 0.1) is 0 Å². The molecule has 0 fully saturated rings. The number of nitrogens with one attached hydrogen (secondary N) is 3. The molecule has 0 spiro atoms. The number of hydrogen-bond donors (Lipinski definition) is 3. The van der Waals surface area contributed by atoms with E-state index in [9.17, 15) is 9.59 Å². The first-order valence-electron chi connectivity index (χ1n) is 13.1. The summed E-state index contributed by atoms with van der Waals surface area (Å²) >= 11 is 0. The number of rotatable bonds is 8. The van der Waals surface area contributed by atoms with Crippen LogP contribution in [0.2, 0.25) is 0 Å². The highest BCUT2D eigenvalue weighted by Gasteiger charge is 2.25. The van der Waals surface area contributed by atoms with E-state index in [1.165, 1.54) is 6.20 Å². The second kappa shape index (κ2) is 10.6. The lowest BCUT2D eigenvalue weighted by atomic mass is 10.1. The lowest BCUT2D eigenvalue weighted by Gasteiger charge is -2.18. The molecule has 40 heavy (non-hydrogen) atoms.